The van der Waals surface area contributed by atoms with E-state index in [0.717, 1.165) is 28.2 Å². The molecule has 128 valence electrons. The molecule has 3 rings (SSSR count). The van der Waals surface area contributed by atoms with Crippen LogP contribution in [-0.2, 0) is 6.54 Å². The van der Waals surface area contributed by atoms with Gasteiger partial charge in [0.25, 0.3) is 5.91 Å². The van der Waals surface area contributed by atoms with Crippen LogP contribution in [0.3, 0.4) is 0 Å². The Bertz CT molecular complexity index is 1070. The van der Waals surface area contributed by atoms with E-state index in [1.807, 2.05) is 30.5 Å². The van der Waals surface area contributed by atoms with Crippen molar-refractivity contribution in [1.82, 2.24) is 14.8 Å². The summed E-state index contributed by atoms with van der Waals surface area (Å²) >= 11 is 0. The maximum absolute atomic E-state index is 11.2. The van der Waals surface area contributed by atoms with E-state index < -0.39 is 5.91 Å². The van der Waals surface area contributed by atoms with Crippen molar-refractivity contribution in [3.05, 3.63) is 64.2 Å². The minimum atomic E-state index is -0.593. The Morgan fingerprint density at radius 3 is 2.42 bits per heavy atom. The summed E-state index contributed by atoms with van der Waals surface area (Å²) in [6.07, 6.45) is 0. The quantitative estimate of drug-likeness (QED) is 0.754. The van der Waals surface area contributed by atoms with Gasteiger partial charge in [0.15, 0.2) is 0 Å². The number of nitriles is 2. The van der Waals surface area contributed by atoms with Gasteiger partial charge in [-0.2, -0.15) is 15.6 Å². The average Bonchev–Trinajstić information content (AvgIpc) is 3.20. The first kappa shape index (κ1) is 17.0. The predicted octanol–water partition coefficient (Wildman–Crippen LogP) is 2.39. The fraction of sp³-hybridized carbons (Fsp3) is 0.158. The molecule has 0 radical (unpaired) electrons. The fourth-order valence-electron chi connectivity index (χ4n) is 3.06. The standard InChI is InChI=1S/C19H16N6O/c1-11-16(9-21)18(14-5-3-13(8-20)4-6-14)12(2)25(11)10-15-7-17(19(22)26)24-23-15/h3-7H,10H2,1-2H3,(H2,22,26)(H,23,24). The van der Waals surface area contributed by atoms with E-state index in [1.165, 1.54) is 0 Å². The number of nitrogens with two attached hydrogens (primary N) is 1. The molecule has 0 spiro atoms. The molecule has 1 amide bonds. The molecule has 3 N–H and O–H groups in total. The van der Waals surface area contributed by atoms with Gasteiger partial charge >= 0.3 is 0 Å². The van der Waals surface area contributed by atoms with E-state index in [-0.39, 0.29) is 5.69 Å². The number of hydrogen-bond donors (Lipinski definition) is 2. The zero-order valence-electron chi connectivity index (χ0n) is 14.4. The minimum Gasteiger partial charge on any atom is -0.364 e. The highest BCUT2D eigenvalue weighted by molar-refractivity contribution is 5.90. The minimum absolute atomic E-state index is 0.176. The van der Waals surface area contributed by atoms with Gasteiger partial charge in [-0.25, -0.2) is 0 Å². The number of hydrogen-bond acceptors (Lipinski definition) is 4. The van der Waals surface area contributed by atoms with Gasteiger partial charge in [-0.15, -0.1) is 0 Å². The molecule has 0 saturated heterocycles. The highest BCUT2D eigenvalue weighted by Crippen LogP contribution is 2.32. The van der Waals surface area contributed by atoms with Crippen LogP contribution in [-0.4, -0.2) is 20.7 Å². The lowest BCUT2D eigenvalue weighted by molar-refractivity contribution is 0.0995. The summed E-state index contributed by atoms with van der Waals surface area (Å²) in [5, 5.41) is 25.3. The number of aromatic nitrogens is 3. The van der Waals surface area contributed by atoms with E-state index >= 15 is 0 Å². The molecule has 2 aromatic heterocycles. The molecule has 26 heavy (non-hydrogen) atoms. The Hall–Kier alpha value is -3.84. The van der Waals surface area contributed by atoms with Crippen LogP contribution in [0.4, 0.5) is 0 Å². The van der Waals surface area contributed by atoms with E-state index in [1.54, 1.807) is 18.2 Å². The van der Waals surface area contributed by atoms with Crippen LogP contribution >= 0.6 is 0 Å². The van der Waals surface area contributed by atoms with Gasteiger partial charge in [0.1, 0.15) is 11.8 Å². The van der Waals surface area contributed by atoms with Crippen molar-refractivity contribution in [2.45, 2.75) is 20.4 Å². The van der Waals surface area contributed by atoms with Crippen molar-refractivity contribution in [2.24, 2.45) is 5.73 Å². The third kappa shape index (κ3) is 2.83. The molecular weight excluding hydrogens is 328 g/mol. The van der Waals surface area contributed by atoms with Crippen molar-refractivity contribution >= 4 is 5.91 Å². The maximum Gasteiger partial charge on any atom is 0.269 e. The number of nitrogens with one attached hydrogen (secondary N) is 1. The van der Waals surface area contributed by atoms with E-state index in [2.05, 4.69) is 22.3 Å². The molecule has 0 fully saturated rings. The Kier molecular flexibility index (Phi) is 4.30. The highest BCUT2D eigenvalue weighted by Gasteiger charge is 2.20. The van der Waals surface area contributed by atoms with Gasteiger partial charge in [-0.1, -0.05) is 12.1 Å². The summed E-state index contributed by atoms with van der Waals surface area (Å²) in [5.41, 5.74) is 10.7. The number of carbonyl (C=O) groups excluding carboxylic acids is 1. The van der Waals surface area contributed by atoms with Crippen molar-refractivity contribution in [3.63, 3.8) is 0 Å². The van der Waals surface area contributed by atoms with Crippen LogP contribution in [0.2, 0.25) is 0 Å². The van der Waals surface area contributed by atoms with Gasteiger partial charge in [0.05, 0.1) is 29.4 Å². The Labute approximate surface area is 150 Å². The number of nitrogens with zero attached hydrogens (tertiary/aromatic N) is 4. The summed E-state index contributed by atoms with van der Waals surface area (Å²) in [5.74, 6) is -0.593. The van der Waals surface area contributed by atoms with Crippen molar-refractivity contribution < 1.29 is 4.79 Å². The summed E-state index contributed by atoms with van der Waals surface area (Å²) in [6.45, 7) is 4.25. The second kappa shape index (κ2) is 6.58. The molecule has 0 bridgehead atoms. The van der Waals surface area contributed by atoms with Crippen LogP contribution in [0.5, 0.6) is 0 Å². The summed E-state index contributed by atoms with van der Waals surface area (Å²) in [4.78, 5) is 11.2. The van der Waals surface area contributed by atoms with E-state index in [4.69, 9.17) is 11.0 Å². The lowest BCUT2D eigenvalue weighted by Crippen LogP contribution is -2.11. The Morgan fingerprint density at radius 2 is 1.88 bits per heavy atom. The van der Waals surface area contributed by atoms with Crippen LogP contribution in [0.15, 0.2) is 30.3 Å². The van der Waals surface area contributed by atoms with E-state index in [0.29, 0.717) is 17.7 Å². The largest absolute Gasteiger partial charge is 0.364 e. The average molecular weight is 344 g/mol. The Morgan fingerprint density at radius 1 is 1.19 bits per heavy atom. The molecule has 0 saturated carbocycles. The molecule has 0 aliphatic rings. The zero-order chi connectivity index (χ0) is 18.8. The lowest BCUT2D eigenvalue weighted by Gasteiger charge is -2.08. The maximum atomic E-state index is 11.2. The van der Waals surface area contributed by atoms with Gasteiger partial charge in [-0.05, 0) is 37.6 Å². The van der Waals surface area contributed by atoms with Crippen LogP contribution < -0.4 is 5.73 Å². The molecule has 0 atom stereocenters. The molecule has 2 heterocycles. The summed E-state index contributed by atoms with van der Waals surface area (Å²) in [7, 11) is 0. The van der Waals surface area contributed by atoms with Crippen molar-refractivity contribution in [2.75, 3.05) is 0 Å². The van der Waals surface area contributed by atoms with E-state index in [9.17, 15) is 10.1 Å². The molecule has 1 aromatic carbocycles. The van der Waals surface area contributed by atoms with Gasteiger partial charge < -0.3 is 10.3 Å². The summed E-state index contributed by atoms with van der Waals surface area (Å²) < 4.78 is 1.99. The fourth-order valence-corrected chi connectivity index (χ4v) is 3.06. The third-order valence-corrected chi connectivity index (χ3v) is 4.41. The normalized spacial score (nSPS) is 10.3. The highest BCUT2D eigenvalue weighted by atomic mass is 16.1. The molecule has 3 aromatic rings. The molecule has 0 unspecified atom stereocenters. The number of H-pyrrole nitrogens is 1. The van der Waals surface area contributed by atoms with Gasteiger partial charge in [0, 0.05) is 17.0 Å². The van der Waals surface area contributed by atoms with Crippen LogP contribution in [0, 0.1) is 36.5 Å². The first-order chi connectivity index (χ1) is 12.5. The van der Waals surface area contributed by atoms with Gasteiger partial charge in [0.2, 0.25) is 0 Å². The third-order valence-electron chi connectivity index (χ3n) is 4.41. The summed E-state index contributed by atoms with van der Waals surface area (Å²) in [6, 6.07) is 13.1. The molecule has 7 nitrogen and oxygen atoms in total. The zero-order valence-corrected chi connectivity index (χ0v) is 14.4. The number of primary amides is 1. The monoisotopic (exact) mass is 344 g/mol. The van der Waals surface area contributed by atoms with Crippen LogP contribution in [0.25, 0.3) is 11.1 Å². The number of benzene rings is 1. The van der Waals surface area contributed by atoms with Crippen LogP contribution in [0.1, 0.15) is 38.7 Å². The lowest BCUT2D eigenvalue weighted by atomic mass is 10.0. The topological polar surface area (TPSA) is 124 Å². The van der Waals surface area contributed by atoms with Crippen molar-refractivity contribution in [3.8, 4) is 23.3 Å². The molecule has 0 aliphatic heterocycles. The first-order valence-corrected chi connectivity index (χ1v) is 7.90. The molecular formula is C19H16N6O. The SMILES string of the molecule is Cc1c(C#N)c(-c2ccc(C#N)cc2)c(C)n1Cc1cc(C(N)=O)n[nH]1. The first-order valence-electron chi connectivity index (χ1n) is 7.90. The molecule has 0 aliphatic carbocycles. The number of amides is 1. The Balaban J connectivity index is 2.07. The second-order valence-corrected chi connectivity index (χ2v) is 5.95. The van der Waals surface area contributed by atoms with Gasteiger partial charge in [-0.3, -0.25) is 9.89 Å². The second-order valence-electron chi connectivity index (χ2n) is 5.95. The molecule has 7 heteroatoms. The number of carbonyl (C=O) groups is 1. The smallest absolute Gasteiger partial charge is 0.269 e. The van der Waals surface area contributed by atoms with Crippen molar-refractivity contribution in [1.29, 1.82) is 10.5 Å². The number of aromatic amines is 1. The predicted molar refractivity (Wildman–Crippen MR) is 95.0 cm³/mol. The number of rotatable bonds is 4.